The quantitative estimate of drug-likeness (QED) is 0.736. The molecule has 2 heterocycles. The van der Waals surface area contributed by atoms with Crippen LogP contribution in [0.4, 0.5) is 0 Å². The molecule has 2 aliphatic rings. The highest BCUT2D eigenvalue weighted by Crippen LogP contribution is 2.37. The Labute approximate surface area is 109 Å². The minimum Gasteiger partial charge on any atom is -0.487 e. The van der Waals surface area contributed by atoms with E-state index in [1.807, 2.05) is 24.8 Å². The van der Waals surface area contributed by atoms with E-state index < -0.39 is 0 Å². The lowest BCUT2D eigenvalue weighted by Crippen LogP contribution is -2.27. The summed E-state index contributed by atoms with van der Waals surface area (Å²) < 4.78 is 6.98. The van der Waals surface area contributed by atoms with Crippen LogP contribution >= 0.6 is 15.9 Å². The van der Waals surface area contributed by atoms with Crippen molar-refractivity contribution in [3.8, 4) is 5.75 Å². The summed E-state index contributed by atoms with van der Waals surface area (Å²) in [5.41, 5.74) is 2.91. The molecule has 3 nitrogen and oxygen atoms in total. The second-order valence-electron chi connectivity index (χ2n) is 4.76. The third-order valence-corrected chi connectivity index (χ3v) is 4.55. The van der Waals surface area contributed by atoms with Crippen molar-refractivity contribution in [1.82, 2.24) is 4.90 Å². The van der Waals surface area contributed by atoms with Crippen molar-refractivity contribution in [2.24, 2.45) is 0 Å². The monoisotopic (exact) mass is 295 g/mol. The number of halogens is 1. The van der Waals surface area contributed by atoms with Crippen molar-refractivity contribution in [3.05, 3.63) is 27.2 Å². The van der Waals surface area contributed by atoms with Crippen LogP contribution in [-0.4, -0.2) is 30.0 Å². The van der Waals surface area contributed by atoms with Gasteiger partial charge in [0.05, 0.1) is 12.1 Å². The summed E-state index contributed by atoms with van der Waals surface area (Å²) in [5, 5.41) is 0. The molecule has 1 aromatic rings. The van der Waals surface area contributed by atoms with Crippen molar-refractivity contribution in [3.63, 3.8) is 0 Å². The predicted molar refractivity (Wildman–Crippen MR) is 68.6 cm³/mol. The highest BCUT2D eigenvalue weighted by atomic mass is 79.9. The number of amides is 1. The number of rotatable bonds is 0. The third kappa shape index (κ3) is 1.58. The molecule has 1 amide bonds. The van der Waals surface area contributed by atoms with Crippen LogP contribution in [0.2, 0.25) is 0 Å². The maximum atomic E-state index is 12.3. The van der Waals surface area contributed by atoms with E-state index in [1.165, 1.54) is 0 Å². The van der Waals surface area contributed by atoms with Gasteiger partial charge in [-0.25, -0.2) is 0 Å². The number of carbonyl (C=O) groups is 1. The minimum atomic E-state index is 0.101. The van der Waals surface area contributed by atoms with E-state index in [0.717, 1.165) is 40.9 Å². The van der Waals surface area contributed by atoms with Crippen LogP contribution in [-0.2, 0) is 0 Å². The van der Waals surface area contributed by atoms with Crippen molar-refractivity contribution >= 4 is 21.8 Å². The highest BCUT2D eigenvalue weighted by molar-refractivity contribution is 9.10. The van der Waals surface area contributed by atoms with E-state index in [9.17, 15) is 4.79 Å². The molecule has 0 saturated carbocycles. The van der Waals surface area contributed by atoms with Gasteiger partial charge in [0, 0.05) is 17.4 Å². The van der Waals surface area contributed by atoms with E-state index in [2.05, 4.69) is 15.9 Å². The molecule has 0 aromatic heterocycles. The standard InChI is InChI=1S/C13H14BrNO2/c1-7-8(2)12-10(5-11(7)14)13(16)15-4-3-9(6-15)17-12/h5,9H,3-4,6H2,1-2H3. The van der Waals surface area contributed by atoms with Gasteiger partial charge in [-0.05, 0) is 31.0 Å². The molecule has 0 spiro atoms. The average Bonchev–Trinajstić information content (AvgIpc) is 2.72. The zero-order valence-corrected chi connectivity index (χ0v) is 11.5. The normalized spacial score (nSPS) is 22.2. The van der Waals surface area contributed by atoms with E-state index in [-0.39, 0.29) is 12.0 Å². The van der Waals surface area contributed by atoms with Gasteiger partial charge in [0.1, 0.15) is 11.9 Å². The zero-order chi connectivity index (χ0) is 12.2. The predicted octanol–water partition coefficient (Wildman–Crippen LogP) is 2.67. The van der Waals surface area contributed by atoms with Crippen LogP contribution in [0.3, 0.4) is 0 Å². The van der Waals surface area contributed by atoms with E-state index in [4.69, 9.17) is 4.74 Å². The summed E-state index contributed by atoms with van der Waals surface area (Å²) in [6.07, 6.45) is 1.11. The largest absolute Gasteiger partial charge is 0.487 e. The summed E-state index contributed by atoms with van der Waals surface area (Å²) in [6.45, 7) is 5.59. The molecule has 2 bridgehead atoms. The molecule has 0 radical (unpaired) electrons. The van der Waals surface area contributed by atoms with Crippen molar-refractivity contribution in [1.29, 1.82) is 0 Å². The average molecular weight is 296 g/mol. The third-order valence-electron chi connectivity index (χ3n) is 3.72. The van der Waals surface area contributed by atoms with Gasteiger partial charge in [-0.1, -0.05) is 15.9 Å². The SMILES string of the molecule is Cc1c(Br)cc2c(c1C)OC1CCN(C1)C2=O. The number of ether oxygens (including phenoxy) is 1. The van der Waals surface area contributed by atoms with Gasteiger partial charge < -0.3 is 9.64 Å². The van der Waals surface area contributed by atoms with Crippen LogP contribution in [0.1, 0.15) is 27.9 Å². The Bertz CT molecular complexity index is 513. The first-order valence-corrected chi connectivity index (χ1v) is 6.63. The van der Waals surface area contributed by atoms with Crippen LogP contribution in [0, 0.1) is 13.8 Å². The van der Waals surface area contributed by atoms with Crippen molar-refractivity contribution in [2.45, 2.75) is 26.4 Å². The van der Waals surface area contributed by atoms with Crippen LogP contribution in [0.25, 0.3) is 0 Å². The molecule has 1 aromatic carbocycles. The molecule has 2 aliphatic heterocycles. The van der Waals surface area contributed by atoms with Gasteiger partial charge in [0.2, 0.25) is 0 Å². The summed E-state index contributed by atoms with van der Waals surface area (Å²) in [6, 6.07) is 1.89. The van der Waals surface area contributed by atoms with Gasteiger partial charge >= 0.3 is 0 Å². The molecule has 0 N–H and O–H groups in total. The summed E-state index contributed by atoms with van der Waals surface area (Å²) >= 11 is 3.50. The first-order valence-electron chi connectivity index (χ1n) is 5.83. The van der Waals surface area contributed by atoms with E-state index in [1.54, 1.807) is 0 Å². The molecule has 4 heteroatoms. The van der Waals surface area contributed by atoms with Crippen LogP contribution in [0.15, 0.2) is 10.5 Å². The van der Waals surface area contributed by atoms with Crippen molar-refractivity contribution in [2.75, 3.05) is 13.1 Å². The molecule has 0 aliphatic carbocycles. The molecule has 1 fully saturated rings. The van der Waals surface area contributed by atoms with E-state index >= 15 is 0 Å². The maximum absolute atomic E-state index is 12.3. The Morgan fingerprint density at radius 3 is 2.94 bits per heavy atom. The first kappa shape index (κ1) is 11.1. The van der Waals surface area contributed by atoms with Gasteiger partial charge in [-0.3, -0.25) is 4.79 Å². The van der Waals surface area contributed by atoms with Gasteiger partial charge in [-0.15, -0.1) is 0 Å². The molecule has 17 heavy (non-hydrogen) atoms. The van der Waals surface area contributed by atoms with E-state index in [0.29, 0.717) is 5.56 Å². The number of hydrogen-bond donors (Lipinski definition) is 0. The molecule has 1 saturated heterocycles. The number of fused-ring (bicyclic) bond motifs is 3. The Balaban J connectivity index is 2.22. The molecular formula is C13H14BrNO2. The van der Waals surface area contributed by atoms with Gasteiger partial charge in [0.15, 0.2) is 0 Å². The molecule has 3 rings (SSSR count). The fraction of sp³-hybridized carbons (Fsp3) is 0.462. The van der Waals surface area contributed by atoms with Crippen LogP contribution in [0.5, 0.6) is 5.75 Å². The Morgan fingerprint density at radius 2 is 2.18 bits per heavy atom. The zero-order valence-electron chi connectivity index (χ0n) is 9.92. The topological polar surface area (TPSA) is 29.5 Å². The fourth-order valence-corrected chi connectivity index (χ4v) is 3.03. The van der Waals surface area contributed by atoms with Gasteiger partial charge in [-0.2, -0.15) is 0 Å². The lowest BCUT2D eigenvalue weighted by atomic mass is 10.0. The summed E-state index contributed by atoms with van der Waals surface area (Å²) in [4.78, 5) is 14.2. The number of nitrogens with zero attached hydrogens (tertiary/aromatic N) is 1. The molecule has 90 valence electrons. The minimum absolute atomic E-state index is 0.101. The van der Waals surface area contributed by atoms with Gasteiger partial charge in [0.25, 0.3) is 5.91 Å². The second kappa shape index (κ2) is 3.73. The lowest BCUT2D eigenvalue weighted by molar-refractivity contribution is 0.0792. The number of benzene rings is 1. The number of carbonyl (C=O) groups excluding carboxylic acids is 1. The Kier molecular flexibility index (Phi) is 2.43. The Hall–Kier alpha value is -1.03. The molecular weight excluding hydrogens is 282 g/mol. The summed E-state index contributed by atoms with van der Waals surface area (Å²) in [7, 11) is 0. The van der Waals surface area contributed by atoms with Crippen LogP contribution < -0.4 is 4.74 Å². The molecule has 1 atom stereocenters. The maximum Gasteiger partial charge on any atom is 0.257 e. The smallest absolute Gasteiger partial charge is 0.257 e. The fourth-order valence-electron chi connectivity index (χ4n) is 2.51. The number of hydrogen-bond acceptors (Lipinski definition) is 2. The lowest BCUT2D eigenvalue weighted by Gasteiger charge is -2.19. The highest BCUT2D eigenvalue weighted by Gasteiger charge is 2.35. The molecule has 1 unspecified atom stereocenters. The second-order valence-corrected chi connectivity index (χ2v) is 5.62. The summed E-state index contributed by atoms with van der Waals surface area (Å²) in [5.74, 6) is 0.881. The first-order chi connectivity index (χ1) is 8.08. The van der Waals surface area contributed by atoms with Crippen molar-refractivity contribution < 1.29 is 9.53 Å². The Morgan fingerprint density at radius 1 is 1.41 bits per heavy atom.